The molecule has 0 bridgehead atoms. The predicted octanol–water partition coefficient (Wildman–Crippen LogP) is 0.810. The van der Waals surface area contributed by atoms with Crippen molar-refractivity contribution in [3.63, 3.8) is 0 Å². The van der Waals surface area contributed by atoms with Gasteiger partial charge in [0.15, 0.2) is 0 Å². The first kappa shape index (κ1) is 12.1. The van der Waals surface area contributed by atoms with Crippen LogP contribution in [0.2, 0.25) is 5.15 Å². The molecule has 0 aliphatic carbocycles. The Balaban J connectivity index is 1.91. The SMILES string of the molecule is CC1(OCC(=O)O)CN(c2cncc(Cl)n2)C1. The molecule has 1 saturated heterocycles. The second-order valence-corrected chi connectivity index (χ2v) is 4.58. The summed E-state index contributed by atoms with van der Waals surface area (Å²) in [6.07, 6.45) is 3.08. The summed E-state index contributed by atoms with van der Waals surface area (Å²) in [5.74, 6) is -0.291. The molecule has 92 valence electrons. The number of rotatable bonds is 4. The first-order valence-electron chi connectivity index (χ1n) is 5.07. The molecule has 0 aromatic carbocycles. The van der Waals surface area contributed by atoms with E-state index in [2.05, 4.69) is 9.97 Å². The van der Waals surface area contributed by atoms with E-state index in [-0.39, 0.29) is 6.61 Å². The Morgan fingerprint density at radius 3 is 2.94 bits per heavy atom. The fraction of sp³-hybridized carbons (Fsp3) is 0.500. The molecular weight excluding hydrogens is 246 g/mol. The Morgan fingerprint density at radius 1 is 1.65 bits per heavy atom. The van der Waals surface area contributed by atoms with Gasteiger partial charge in [0.1, 0.15) is 23.2 Å². The topological polar surface area (TPSA) is 75.6 Å². The molecule has 0 unspecified atom stereocenters. The fourth-order valence-electron chi connectivity index (χ4n) is 1.74. The van der Waals surface area contributed by atoms with Gasteiger partial charge in [0.25, 0.3) is 0 Å². The highest BCUT2D eigenvalue weighted by Crippen LogP contribution is 2.28. The van der Waals surface area contributed by atoms with Gasteiger partial charge >= 0.3 is 5.97 Å². The predicted molar refractivity (Wildman–Crippen MR) is 61.2 cm³/mol. The monoisotopic (exact) mass is 257 g/mol. The second-order valence-electron chi connectivity index (χ2n) is 4.19. The van der Waals surface area contributed by atoms with E-state index in [1.54, 1.807) is 6.20 Å². The van der Waals surface area contributed by atoms with Crippen LogP contribution in [0, 0.1) is 0 Å². The average molecular weight is 258 g/mol. The third-order valence-electron chi connectivity index (χ3n) is 2.51. The Hall–Kier alpha value is -1.40. The van der Waals surface area contributed by atoms with Gasteiger partial charge in [-0.05, 0) is 6.92 Å². The van der Waals surface area contributed by atoms with Gasteiger partial charge in [-0.25, -0.2) is 9.78 Å². The van der Waals surface area contributed by atoms with Gasteiger partial charge in [0, 0.05) is 0 Å². The molecule has 1 aliphatic heterocycles. The number of carboxylic acid groups (broad SMARTS) is 1. The number of nitrogens with zero attached hydrogens (tertiary/aromatic N) is 3. The summed E-state index contributed by atoms with van der Waals surface area (Å²) in [6.45, 7) is 2.74. The molecule has 6 nitrogen and oxygen atoms in total. The Kier molecular flexibility index (Phi) is 3.17. The van der Waals surface area contributed by atoms with Crippen molar-refractivity contribution < 1.29 is 14.6 Å². The molecule has 7 heteroatoms. The zero-order valence-electron chi connectivity index (χ0n) is 9.26. The van der Waals surface area contributed by atoms with Crippen LogP contribution in [0.1, 0.15) is 6.92 Å². The van der Waals surface area contributed by atoms with Crippen LogP contribution in [0.3, 0.4) is 0 Å². The molecule has 17 heavy (non-hydrogen) atoms. The summed E-state index contributed by atoms with van der Waals surface area (Å²) in [7, 11) is 0. The van der Waals surface area contributed by atoms with Gasteiger partial charge in [-0.15, -0.1) is 0 Å². The highest BCUT2D eigenvalue weighted by molar-refractivity contribution is 6.29. The Bertz CT molecular complexity index is 435. The minimum Gasteiger partial charge on any atom is -0.480 e. The van der Waals surface area contributed by atoms with Crippen LogP contribution >= 0.6 is 11.6 Å². The summed E-state index contributed by atoms with van der Waals surface area (Å²) >= 11 is 5.73. The van der Waals surface area contributed by atoms with Gasteiger partial charge < -0.3 is 14.7 Å². The normalized spacial score (nSPS) is 17.6. The summed E-state index contributed by atoms with van der Waals surface area (Å²) in [6, 6.07) is 0. The maximum absolute atomic E-state index is 10.4. The zero-order valence-corrected chi connectivity index (χ0v) is 10.0. The summed E-state index contributed by atoms with van der Waals surface area (Å²) in [4.78, 5) is 20.4. The minimum atomic E-state index is -0.966. The number of anilines is 1. The molecule has 1 aromatic rings. The van der Waals surface area contributed by atoms with E-state index in [9.17, 15) is 4.79 Å². The van der Waals surface area contributed by atoms with Crippen LogP contribution in [-0.2, 0) is 9.53 Å². The summed E-state index contributed by atoms with van der Waals surface area (Å²) < 4.78 is 5.29. The molecule has 0 amide bonds. The first-order valence-corrected chi connectivity index (χ1v) is 5.45. The summed E-state index contributed by atoms with van der Waals surface area (Å²) in [5, 5.41) is 8.87. The molecule has 0 saturated carbocycles. The molecule has 1 aromatic heterocycles. The van der Waals surface area contributed by atoms with Crippen molar-refractivity contribution in [2.45, 2.75) is 12.5 Å². The van der Waals surface area contributed by atoms with Crippen molar-refractivity contribution >= 4 is 23.4 Å². The first-order chi connectivity index (χ1) is 7.98. The van der Waals surface area contributed by atoms with E-state index in [4.69, 9.17) is 21.4 Å². The van der Waals surface area contributed by atoms with Crippen molar-refractivity contribution in [1.29, 1.82) is 0 Å². The Labute approximate surface area is 103 Å². The number of ether oxygens (including phenoxy) is 1. The standard InChI is InChI=1S/C10H12ClN3O3/c1-10(17-4-9(15)16)5-14(6-10)8-3-12-2-7(11)13-8/h2-3H,4-6H2,1H3,(H,15,16). The number of carboxylic acids is 1. The van der Waals surface area contributed by atoms with Crippen molar-refractivity contribution in [2.75, 3.05) is 24.6 Å². The van der Waals surface area contributed by atoms with Crippen molar-refractivity contribution in [3.8, 4) is 0 Å². The van der Waals surface area contributed by atoms with E-state index < -0.39 is 11.6 Å². The third kappa shape index (κ3) is 2.83. The van der Waals surface area contributed by atoms with Gasteiger partial charge in [0.2, 0.25) is 0 Å². The number of halogens is 1. The lowest BCUT2D eigenvalue weighted by atomic mass is 9.96. The van der Waals surface area contributed by atoms with E-state index in [0.717, 1.165) is 0 Å². The van der Waals surface area contributed by atoms with Gasteiger partial charge in [-0.3, -0.25) is 4.98 Å². The van der Waals surface area contributed by atoms with Gasteiger partial charge in [-0.2, -0.15) is 0 Å². The van der Waals surface area contributed by atoms with Crippen LogP contribution in [0.4, 0.5) is 5.82 Å². The highest BCUT2D eigenvalue weighted by Gasteiger charge is 2.41. The van der Waals surface area contributed by atoms with Crippen LogP contribution in [0.5, 0.6) is 0 Å². The lowest BCUT2D eigenvalue weighted by molar-refractivity contribution is -0.150. The number of carbonyl (C=O) groups is 1. The molecule has 2 rings (SSSR count). The summed E-state index contributed by atoms with van der Waals surface area (Å²) in [5.41, 5.74) is -0.442. The lowest BCUT2D eigenvalue weighted by Gasteiger charge is -2.47. The third-order valence-corrected chi connectivity index (χ3v) is 2.69. The van der Waals surface area contributed by atoms with Crippen LogP contribution < -0.4 is 4.90 Å². The number of hydrogen-bond acceptors (Lipinski definition) is 5. The second kappa shape index (κ2) is 4.46. The largest absolute Gasteiger partial charge is 0.480 e. The van der Waals surface area contributed by atoms with Gasteiger partial charge in [-0.1, -0.05) is 11.6 Å². The molecule has 0 radical (unpaired) electrons. The van der Waals surface area contributed by atoms with Crippen molar-refractivity contribution in [3.05, 3.63) is 17.5 Å². The molecule has 1 aliphatic rings. The molecule has 2 heterocycles. The number of aliphatic carboxylic acids is 1. The van der Waals surface area contributed by atoms with Gasteiger partial charge in [0.05, 0.1) is 25.5 Å². The maximum atomic E-state index is 10.4. The lowest BCUT2D eigenvalue weighted by Crippen LogP contribution is -2.62. The zero-order chi connectivity index (χ0) is 12.5. The molecule has 0 spiro atoms. The quantitative estimate of drug-likeness (QED) is 0.860. The van der Waals surface area contributed by atoms with E-state index in [1.165, 1.54) is 6.20 Å². The van der Waals surface area contributed by atoms with Crippen LogP contribution in [0.15, 0.2) is 12.4 Å². The van der Waals surface area contributed by atoms with E-state index in [0.29, 0.717) is 24.1 Å². The smallest absolute Gasteiger partial charge is 0.329 e. The maximum Gasteiger partial charge on any atom is 0.329 e. The molecule has 1 fully saturated rings. The van der Waals surface area contributed by atoms with E-state index in [1.807, 2.05) is 11.8 Å². The van der Waals surface area contributed by atoms with Crippen LogP contribution in [-0.4, -0.2) is 46.3 Å². The molecule has 0 atom stereocenters. The van der Waals surface area contributed by atoms with E-state index >= 15 is 0 Å². The average Bonchev–Trinajstić information content (AvgIpc) is 2.22. The fourth-order valence-corrected chi connectivity index (χ4v) is 1.88. The minimum absolute atomic E-state index is 0.286. The highest BCUT2D eigenvalue weighted by atomic mass is 35.5. The number of aromatic nitrogens is 2. The molecular formula is C10H12ClN3O3. The Morgan fingerprint density at radius 2 is 2.35 bits per heavy atom. The molecule has 1 N–H and O–H groups in total. The van der Waals surface area contributed by atoms with Crippen LogP contribution in [0.25, 0.3) is 0 Å². The number of hydrogen-bond donors (Lipinski definition) is 1. The van der Waals surface area contributed by atoms with Crippen molar-refractivity contribution in [1.82, 2.24) is 9.97 Å². The van der Waals surface area contributed by atoms with Crippen molar-refractivity contribution in [2.24, 2.45) is 0 Å².